The Hall–Kier alpha value is -1.83. The highest BCUT2D eigenvalue weighted by Gasteiger charge is 2.19. The van der Waals surface area contributed by atoms with Gasteiger partial charge in [0.05, 0.1) is 26.4 Å². The van der Waals surface area contributed by atoms with E-state index in [4.69, 9.17) is 25.8 Å². The maximum absolute atomic E-state index is 10.3. The molecule has 1 aliphatic rings. The highest BCUT2D eigenvalue weighted by atomic mass is 35.5. The Kier molecular flexibility index (Phi) is 9.24. The van der Waals surface area contributed by atoms with Gasteiger partial charge in [-0.3, -0.25) is 9.80 Å². The van der Waals surface area contributed by atoms with E-state index < -0.39 is 6.10 Å². The molecular formula is C23H31ClN2O4. The Morgan fingerprint density at radius 3 is 2.40 bits per heavy atom. The monoisotopic (exact) mass is 434 g/mol. The van der Waals surface area contributed by atoms with Gasteiger partial charge in [-0.1, -0.05) is 29.8 Å². The first-order valence-corrected chi connectivity index (χ1v) is 10.7. The molecule has 1 atom stereocenters. The Morgan fingerprint density at radius 1 is 0.967 bits per heavy atom. The second kappa shape index (κ2) is 12.1. The van der Waals surface area contributed by atoms with Gasteiger partial charge in [-0.05, 0) is 29.8 Å². The number of halogens is 1. The maximum atomic E-state index is 10.3. The fraction of sp³-hybridized carbons (Fsp3) is 0.478. The molecule has 30 heavy (non-hydrogen) atoms. The third kappa shape index (κ3) is 7.78. The minimum Gasteiger partial charge on any atom is -0.497 e. The smallest absolute Gasteiger partial charge is 0.123 e. The maximum Gasteiger partial charge on any atom is 0.123 e. The number of β-amino-alcohol motifs (C(OH)–C–C–N with tert-alkyl or cyclic N) is 1. The van der Waals surface area contributed by atoms with E-state index in [0.29, 0.717) is 26.4 Å². The van der Waals surface area contributed by atoms with E-state index in [1.807, 2.05) is 36.4 Å². The highest BCUT2D eigenvalue weighted by Crippen LogP contribution is 2.18. The third-order valence-electron chi connectivity index (χ3n) is 5.10. The molecule has 3 rings (SSSR count). The molecule has 2 aromatic rings. The van der Waals surface area contributed by atoms with Crippen molar-refractivity contribution in [3.63, 3.8) is 0 Å². The molecule has 0 unspecified atom stereocenters. The van der Waals surface area contributed by atoms with Crippen molar-refractivity contribution in [2.24, 2.45) is 0 Å². The molecule has 0 bridgehead atoms. The first-order valence-electron chi connectivity index (χ1n) is 10.3. The number of piperazine rings is 1. The van der Waals surface area contributed by atoms with Crippen LogP contribution in [0.5, 0.6) is 11.5 Å². The summed E-state index contributed by atoms with van der Waals surface area (Å²) in [7, 11) is 1.63. The summed E-state index contributed by atoms with van der Waals surface area (Å²) in [6.45, 7) is 6.62. The number of nitrogens with zero attached hydrogens (tertiary/aromatic N) is 2. The SMILES string of the molecule is COc1cccc(OCCOC[C@H](O)CN2CCN(Cc3ccc(Cl)cc3)CC2)c1. The molecule has 2 aromatic carbocycles. The first-order chi connectivity index (χ1) is 14.6. The second-order valence-electron chi connectivity index (χ2n) is 7.46. The topological polar surface area (TPSA) is 54.4 Å². The van der Waals surface area contributed by atoms with Gasteiger partial charge in [0.2, 0.25) is 0 Å². The van der Waals surface area contributed by atoms with Crippen LogP contribution in [-0.2, 0) is 11.3 Å². The predicted octanol–water partition coefficient (Wildman–Crippen LogP) is 2.92. The Morgan fingerprint density at radius 2 is 1.67 bits per heavy atom. The molecule has 164 valence electrons. The number of benzene rings is 2. The summed E-state index contributed by atoms with van der Waals surface area (Å²) in [5, 5.41) is 11.0. The molecule has 1 fully saturated rings. The Labute approximate surface area is 183 Å². The van der Waals surface area contributed by atoms with Crippen molar-refractivity contribution >= 4 is 11.6 Å². The highest BCUT2D eigenvalue weighted by molar-refractivity contribution is 6.30. The van der Waals surface area contributed by atoms with Gasteiger partial charge in [0.15, 0.2) is 0 Å². The summed E-state index contributed by atoms with van der Waals surface area (Å²) in [5.74, 6) is 1.51. The number of ether oxygens (including phenoxy) is 3. The van der Waals surface area contributed by atoms with Crippen LogP contribution in [0.3, 0.4) is 0 Å². The van der Waals surface area contributed by atoms with Crippen molar-refractivity contribution < 1.29 is 19.3 Å². The molecule has 0 saturated carbocycles. The fourth-order valence-corrected chi connectivity index (χ4v) is 3.58. The van der Waals surface area contributed by atoms with Crippen molar-refractivity contribution in [3.05, 3.63) is 59.1 Å². The molecule has 6 nitrogen and oxygen atoms in total. The molecule has 0 radical (unpaired) electrons. The second-order valence-corrected chi connectivity index (χ2v) is 7.90. The fourth-order valence-electron chi connectivity index (χ4n) is 3.46. The average molecular weight is 435 g/mol. The van der Waals surface area contributed by atoms with E-state index in [9.17, 15) is 5.11 Å². The van der Waals surface area contributed by atoms with E-state index in [2.05, 4.69) is 21.9 Å². The van der Waals surface area contributed by atoms with Crippen molar-refractivity contribution in [3.8, 4) is 11.5 Å². The van der Waals surface area contributed by atoms with E-state index in [0.717, 1.165) is 49.2 Å². The van der Waals surface area contributed by atoms with E-state index in [1.165, 1.54) is 5.56 Å². The molecule has 1 aliphatic heterocycles. The van der Waals surface area contributed by atoms with Crippen LogP contribution in [0.25, 0.3) is 0 Å². The van der Waals surface area contributed by atoms with Crippen LogP contribution in [0.4, 0.5) is 0 Å². The van der Waals surface area contributed by atoms with Gasteiger partial charge in [-0.2, -0.15) is 0 Å². The van der Waals surface area contributed by atoms with E-state index >= 15 is 0 Å². The van der Waals surface area contributed by atoms with Crippen molar-refractivity contribution in [1.82, 2.24) is 9.80 Å². The predicted molar refractivity (Wildman–Crippen MR) is 118 cm³/mol. The lowest BCUT2D eigenvalue weighted by molar-refractivity contribution is -0.000445. The molecule has 0 spiro atoms. The molecule has 0 amide bonds. The van der Waals surface area contributed by atoms with Gasteiger partial charge < -0.3 is 19.3 Å². The zero-order valence-corrected chi connectivity index (χ0v) is 18.3. The normalized spacial score (nSPS) is 16.4. The summed E-state index contributed by atoms with van der Waals surface area (Å²) in [6.07, 6.45) is -0.496. The van der Waals surface area contributed by atoms with Crippen molar-refractivity contribution in [2.75, 3.05) is 59.7 Å². The molecule has 0 aliphatic carbocycles. The summed E-state index contributed by atoms with van der Waals surface area (Å²) in [4.78, 5) is 4.72. The van der Waals surface area contributed by atoms with Crippen LogP contribution < -0.4 is 9.47 Å². The summed E-state index contributed by atoms with van der Waals surface area (Å²) < 4.78 is 16.4. The number of rotatable bonds is 11. The van der Waals surface area contributed by atoms with Crippen LogP contribution in [0.15, 0.2) is 48.5 Å². The van der Waals surface area contributed by atoms with Crippen LogP contribution in [-0.4, -0.2) is 80.7 Å². The van der Waals surface area contributed by atoms with Gasteiger partial charge in [-0.25, -0.2) is 0 Å². The Bertz CT molecular complexity index is 751. The van der Waals surface area contributed by atoms with Crippen LogP contribution in [0.2, 0.25) is 5.02 Å². The lowest BCUT2D eigenvalue weighted by Gasteiger charge is -2.35. The molecule has 7 heteroatoms. The van der Waals surface area contributed by atoms with Crippen molar-refractivity contribution in [1.29, 1.82) is 0 Å². The number of hydrogen-bond donors (Lipinski definition) is 1. The van der Waals surface area contributed by atoms with Crippen LogP contribution >= 0.6 is 11.6 Å². The van der Waals surface area contributed by atoms with Crippen molar-refractivity contribution in [2.45, 2.75) is 12.6 Å². The number of aliphatic hydroxyl groups excluding tert-OH is 1. The van der Waals surface area contributed by atoms with Crippen LogP contribution in [0, 0.1) is 0 Å². The minimum absolute atomic E-state index is 0.312. The molecular weight excluding hydrogens is 404 g/mol. The summed E-state index contributed by atoms with van der Waals surface area (Å²) in [5.41, 5.74) is 1.28. The molecule has 0 aromatic heterocycles. The van der Waals surface area contributed by atoms with Gasteiger partial charge in [0.1, 0.15) is 18.1 Å². The van der Waals surface area contributed by atoms with Crippen LogP contribution in [0.1, 0.15) is 5.56 Å². The number of hydrogen-bond acceptors (Lipinski definition) is 6. The summed E-state index contributed by atoms with van der Waals surface area (Å²) >= 11 is 5.95. The minimum atomic E-state index is -0.496. The first kappa shape index (κ1) is 22.8. The van der Waals surface area contributed by atoms with Gasteiger partial charge in [0, 0.05) is 50.4 Å². The van der Waals surface area contributed by atoms with Gasteiger partial charge >= 0.3 is 0 Å². The lowest BCUT2D eigenvalue weighted by atomic mass is 10.2. The molecule has 1 heterocycles. The van der Waals surface area contributed by atoms with Gasteiger partial charge in [0.25, 0.3) is 0 Å². The van der Waals surface area contributed by atoms with E-state index in [-0.39, 0.29) is 0 Å². The quantitative estimate of drug-likeness (QED) is 0.549. The zero-order chi connectivity index (χ0) is 21.2. The summed E-state index contributed by atoms with van der Waals surface area (Å²) in [6, 6.07) is 15.5. The number of aliphatic hydroxyl groups is 1. The standard InChI is InChI=1S/C23H31ClN2O4/c1-28-22-3-2-4-23(15-22)30-14-13-29-18-21(27)17-26-11-9-25(10-12-26)16-19-5-7-20(24)8-6-19/h2-8,15,21,27H,9-14,16-18H2,1H3/t21-/m1/s1. The third-order valence-corrected chi connectivity index (χ3v) is 5.35. The van der Waals surface area contributed by atoms with Gasteiger partial charge in [-0.15, -0.1) is 0 Å². The molecule has 1 N–H and O–H groups in total. The molecule has 1 saturated heterocycles. The zero-order valence-electron chi connectivity index (χ0n) is 17.5. The van der Waals surface area contributed by atoms with E-state index in [1.54, 1.807) is 7.11 Å². The number of methoxy groups -OCH3 is 1. The average Bonchev–Trinajstić information content (AvgIpc) is 2.76. The lowest BCUT2D eigenvalue weighted by Crippen LogP contribution is -2.48. The Balaban J connectivity index is 1.25. The largest absolute Gasteiger partial charge is 0.497 e.